The molecule has 1 aliphatic carbocycles. The van der Waals surface area contributed by atoms with E-state index in [1.807, 2.05) is 18.2 Å². The molecule has 2 aliphatic rings. The third-order valence-electron chi connectivity index (χ3n) is 5.78. The van der Waals surface area contributed by atoms with Gasteiger partial charge in [-0.2, -0.15) is 0 Å². The lowest BCUT2D eigenvalue weighted by molar-refractivity contribution is 0.0689. The quantitative estimate of drug-likeness (QED) is 0.909. The van der Waals surface area contributed by atoms with E-state index in [-0.39, 0.29) is 29.0 Å². The lowest BCUT2D eigenvalue weighted by atomic mass is 9.87. The second-order valence-corrected chi connectivity index (χ2v) is 7.14. The van der Waals surface area contributed by atoms with Crippen molar-refractivity contribution >= 4 is 11.9 Å². The highest BCUT2D eigenvalue weighted by atomic mass is 19.1. The Hall–Kier alpha value is -2.69. The number of carbonyl (C=O) groups excluding carboxylic acids is 1. The van der Waals surface area contributed by atoms with Crippen LogP contribution in [0.5, 0.6) is 0 Å². The highest BCUT2D eigenvalue weighted by Crippen LogP contribution is 2.46. The molecule has 0 bridgehead atoms. The van der Waals surface area contributed by atoms with Gasteiger partial charge in [0.05, 0.1) is 11.1 Å². The Morgan fingerprint density at radius 1 is 1.08 bits per heavy atom. The lowest BCUT2D eigenvalue weighted by Crippen LogP contribution is -2.36. The Morgan fingerprint density at radius 3 is 2.54 bits per heavy atom. The number of amides is 1. The van der Waals surface area contributed by atoms with E-state index >= 15 is 0 Å². The van der Waals surface area contributed by atoms with Crippen molar-refractivity contribution in [2.24, 2.45) is 5.92 Å². The lowest BCUT2D eigenvalue weighted by Gasteiger charge is -2.24. The number of carbonyl (C=O) groups is 2. The summed E-state index contributed by atoms with van der Waals surface area (Å²) < 4.78 is 14.4. The van der Waals surface area contributed by atoms with Crippen molar-refractivity contribution < 1.29 is 19.1 Å². The SMILES string of the molecule is O=C(O)c1ccc(C(=O)N2CC(c3ccccc3)C3CCCC32)c(F)c1. The standard InChI is InChI=1S/C21H20FNO3/c22-18-11-14(21(25)26)9-10-16(18)20(24)23-12-17(13-5-2-1-3-6-13)15-7-4-8-19(15)23/h1-3,5-6,9-11,15,17,19H,4,7-8,12H2,(H,25,26). The smallest absolute Gasteiger partial charge is 0.335 e. The van der Waals surface area contributed by atoms with Gasteiger partial charge in [-0.25, -0.2) is 9.18 Å². The molecule has 1 heterocycles. The molecular weight excluding hydrogens is 333 g/mol. The Bertz CT molecular complexity index is 852. The topological polar surface area (TPSA) is 57.6 Å². The minimum atomic E-state index is -1.20. The number of benzene rings is 2. The monoisotopic (exact) mass is 353 g/mol. The number of hydrogen-bond acceptors (Lipinski definition) is 2. The zero-order chi connectivity index (χ0) is 18.3. The van der Waals surface area contributed by atoms with Crippen molar-refractivity contribution in [3.05, 3.63) is 71.0 Å². The van der Waals surface area contributed by atoms with Crippen LogP contribution in [0.2, 0.25) is 0 Å². The number of halogens is 1. The van der Waals surface area contributed by atoms with E-state index < -0.39 is 11.8 Å². The van der Waals surface area contributed by atoms with Crippen LogP contribution in [-0.4, -0.2) is 34.5 Å². The minimum absolute atomic E-state index is 0.0469. The third kappa shape index (κ3) is 2.77. The van der Waals surface area contributed by atoms with Gasteiger partial charge in [-0.3, -0.25) is 4.79 Å². The van der Waals surface area contributed by atoms with Gasteiger partial charge in [0.25, 0.3) is 5.91 Å². The molecule has 2 aromatic rings. The van der Waals surface area contributed by atoms with Crippen LogP contribution < -0.4 is 0 Å². The molecule has 4 rings (SSSR count). The van der Waals surface area contributed by atoms with E-state index in [0.29, 0.717) is 12.5 Å². The van der Waals surface area contributed by atoms with Crippen molar-refractivity contribution in [3.8, 4) is 0 Å². The summed E-state index contributed by atoms with van der Waals surface area (Å²) in [6, 6.07) is 13.8. The minimum Gasteiger partial charge on any atom is -0.478 e. The number of nitrogens with zero attached hydrogens (tertiary/aromatic N) is 1. The van der Waals surface area contributed by atoms with Crippen molar-refractivity contribution in [3.63, 3.8) is 0 Å². The number of rotatable bonds is 3. The second kappa shape index (κ2) is 6.56. The molecular formula is C21H20FNO3. The maximum Gasteiger partial charge on any atom is 0.335 e. The van der Waals surface area contributed by atoms with Crippen LogP contribution in [0.3, 0.4) is 0 Å². The summed E-state index contributed by atoms with van der Waals surface area (Å²) in [5.74, 6) is -1.64. The molecule has 1 saturated carbocycles. The van der Waals surface area contributed by atoms with Crippen LogP contribution in [0.25, 0.3) is 0 Å². The first-order valence-electron chi connectivity index (χ1n) is 8.95. The average Bonchev–Trinajstić information content (AvgIpc) is 3.24. The van der Waals surface area contributed by atoms with Crippen LogP contribution in [0, 0.1) is 11.7 Å². The molecule has 2 aromatic carbocycles. The Labute approximate surface area is 151 Å². The predicted octanol–water partition coefficient (Wildman–Crippen LogP) is 3.93. The highest BCUT2D eigenvalue weighted by Gasteiger charge is 2.47. The maximum atomic E-state index is 14.4. The van der Waals surface area contributed by atoms with Crippen LogP contribution >= 0.6 is 0 Å². The molecule has 26 heavy (non-hydrogen) atoms. The molecule has 4 nitrogen and oxygen atoms in total. The predicted molar refractivity (Wildman–Crippen MR) is 94.7 cm³/mol. The van der Waals surface area contributed by atoms with E-state index in [0.717, 1.165) is 25.3 Å². The molecule has 3 unspecified atom stereocenters. The van der Waals surface area contributed by atoms with Gasteiger partial charge in [0.2, 0.25) is 0 Å². The third-order valence-corrected chi connectivity index (χ3v) is 5.78. The molecule has 1 aliphatic heterocycles. The zero-order valence-electron chi connectivity index (χ0n) is 14.3. The van der Waals surface area contributed by atoms with Gasteiger partial charge in [0, 0.05) is 18.5 Å². The van der Waals surface area contributed by atoms with E-state index in [1.54, 1.807) is 4.90 Å². The van der Waals surface area contributed by atoms with Gasteiger partial charge in [-0.15, -0.1) is 0 Å². The molecule has 1 amide bonds. The van der Waals surface area contributed by atoms with Gasteiger partial charge in [-0.1, -0.05) is 36.8 Å². The molecule has 0 radical (unpaired) electrons. The van der Waals surface area contributed by atoms with Crippen molar-refractivity contribution in [2.75, 3.05) is 6.54 Å². The fraction of sp³-hybridized carbons (Fsp3) is 0.333. The molecule has 2 fully saturated rings. The Morgan fingerprint density at radius 2 is 1.85 bits per heavy atom. The second-order valence-electron chi connectivity index (χ2n) is 7.14. The summed E-state index contributed by atoms with van der Waals surface area (Å²) in [6.45, 7) is 0.582. The maximum absolute atomic E-state index is 14.4. The molecule has 5 heteroatoms. The molecule has 0 aromatic heterocycles. The fourth-order valence-corrected chi connectivity index (χ4v) is 4.57. The van der Waals surface area contributed by atoms with Gasteiger partial charge in [0.1, 0.15) is 5.82 Å². The molecule has 1 N–H and O–H groups in total. The summed E-state index contributed by atoms with van der Waals surface area (Å²) in [6.07, 6.45) is 3.09. The molecule has 3 atom stereocenters. The Kier molecular flexibility index (Phi) is 4.23. The first-order chi connectivity index (χ1) is 12.6. The van der Waals surface area contributed by atoms with Crippen LogP contribution in [0.15, 0.2) is 48.5 Å². The van der Waals surface area contributed by atoms with Crippen molar-refractivity contribution in [2.45, 2.75) is 31.2 Å². The number of likely N-dealkylation sites (tertiary alicyclic amines) is 1. The summed E-state index contributed by atoms with van der Waals surface area (Å²) in [4.78, 5) is 25.8. The van der Waals surface area contributed by atoms with E-state index in [1.165, 1.54) is 17.7 Å². The number of carboxylic acids is 1. The fourth-order valence-electron chi connectivity index (χ4n) is 4.57. The normalized spacial score (nSPS) is 24.5. The highest BCUT2D eigenvalue weighted by molar-refractivity contribution is 5.96. The molecule has 0 spiro atoms. The zero-order valence-corrected chi connectivity index (χ0v) is 14.3. The first-order valence-corrected chi connectivity index (χ1v) is 8.95. The van der Waals surface area contributed by atoms with Crippen LogP contribution in [0.1, 0.15) is 51.5 Å². The van der Waals surface area contributed by atoms with E-state index in [4.69, 9.17) is 5.11 Å². The number of aromatic carboxylic acids is 1. The number of fused-ring (bicyclic) bond motifs is 1. The summed E-state index contributed by atoms with van der Waals surface area (Å²) in [5, 5.41) is 8.97. The number of hydrogen-bond donors (Lipinski definition) is 1. The molecule has 134 valence electrons. The summed E-state index contributed by atoms with van der Waals surface area (Å²) >= 11 is 0. The van der Waals surface area contributed by atoms with Crippen LogP contribution in [0.4, 0.5) is 4.39 Å². The van der Waals surface area contributed by atoms with Gasteiger partial charge >= 0.3 is 5.97 Å². The van der Waals surface area contributed by atoms with Crippen molar-refractivity contribution in [1.82, 2.24) is 4.90 Å². The van der Waals surface area contributed by atoms with E-state index in [9.17, 15) is 14.0 Å². The summed E-state index contributed by atoms with van der Waals surface area (Å²) in [7, 11) is 0. The first kappa shape index (κ1) is 16.8. The molecule has 1 saturated heterocycles. The van der Waals surface area contributed by atoms with Crippen molar-refractivity contribution in [1.29, 1.82) is 0 Å². The van der Waals surface area contributed by atoms with Gasteiger partial charge in [-0.05, 0) is 42.5 Å². The van der Waals surface area contributed by atoms with Gasteiger partial charge < -0.3 is 10.0 Å². The van der Waals surface area contributed by atoms with Gasteiger partial charge in [0.15, 0.2) is 0 Å². The summed E-state index contributed by atoms with van der Waals surface area (Å²) in [5.41, 5.74) is 1.03. The van der Waals surface area contributed by atoms with Crippen LogP contribution in [-0.2, 0) is 0 Å². The van der Waals surface area contributed by atoms with E-state index in [2.05, 4.69) is 12.1 Å². The Balaban J connectivity index is 1.63. The average molecular weight is 353 g/mol. The number of carboxylic acid groups (broad SMARTS) is 1. The largest absolute Gasteiger partial charge is 0.478 e.